The van der Waals surface area contributed by atoms with Crippen LogP contribution in [0.1, 0.15) is 23.8 Å². The summed E-state index contributed by atoms with van der Waals surface area (Å²) in [5.74, 6) is 1.50. The molecule has 1 aliphatic rings. The molecule has 6 nitrogen and oxygen atoms in total. The highest BCUT2D eigenvalue weighted by Gasteiger charge is 2.29. The van der Waals surface area contributed by atoms with Crippen molar-refractivity contribution in [2.24, 2.45) is 0 Å². The number of piperazine rings is 1. The van der Waals surface area contributed by atoms with Gasteiger partial charge in [-0.1, -0.05) is 35.0 Å². The molecule has 1 saturated heterocycles. The smallest absolute Gasteiger partial charge is 0.223 e. The number of ether oxygens (including phenoxy) is 1. The minimum Gasteiger partial charge on any atom is -0.496 e. The second-order valence-electron chi connectivity index (χ2n) is 5.66. The van der Waals surface area contributed by atoms with E-state index in [0.717, 1.165) is 17.9 Å². The summed E-state index contributed by atoms with van der Waals surface area (Å²) in [7, 11) is 1.65. The fraction of sp³-hybridized carbons (Fsp3) is 0.412. The van der Waals surface area contributed by atoms with Crippen molar-refractivity contribution in [3.63, 3.8) is 0 Å². The maximum atomic E-state index is 12.7. The minimum absolute atomic E-state index is 0.0410. The Morgan fingerprint density at radius 2 is 2.33 bits per heavy atom. The fourth-order valence-electron chi connectivity index (χ4n) is 3.00. The van der Waals surface area contributed by atoms with E-state index >= 15 is 0 Å². The molecule has 24 heavy (non-hydrogen) atoms. The molecule has 1 aliphatic heterocycles. The van der Waals surface area contributed by atoms with Crippen molar-refractivity contribution in [3.8, 4) is 5.75 Å². The third kappa shape index (κ3) is 3.71. The van der Waals surface area contributed by atoms with E-state index in [2.05, 4.69) is 10.5 Å². The molecular weight excluding hydrogens is 330 g/mol. The van der Waals surface area contributed by atoms with Crippen LogP contribution in [0, 0.1) is 0 Å². The molecule has 1 aromatic heterocycles. The van der Waals surface area contributed by atoms with Crippen LogP contribution in [0.15, 0.2) is 34.9 Å². The Morgan fingerprint density at radius 3 is 3.08 bits per heavy atom. The Bertz CT molecular complexity index is 704. The summed E-state index contributed by atoms with van der Waals surface area (Å²) in [6, 6.07) is 9.42. The number of carbonyl (C=O) groups excluding carboxylic acids is 1. The Kier molecular flexibility index (Phi) is 5.37. The average Bonchev–Trinajstić information content (AvgIpc) is 3.05. The number of hydrogen-bond acceptors (Lipinski definition) is 5. The zero-order valence-corrected chi connectivity index (χ0v) is 14.3. The summed E-state index contributed by atoms with van der Waals surface area (Å²) in [6.45, 7) is 2.16. The summed E-state index contributed by atoms with van der Waals surface area (Å²) >= 11 is 5.74. The lowest BCUT2D eigenvalue weighted by Crippen LogP contribution is -2.48. The highest BCUT2D eigenvalue weighted by molar-refractivity contribution is 6.29. The first kappa shape index (κ1) is 16.8. The normalized spacial score (nSPS) is 17.8. The van der Waals surface area contributed by atoms with E-state index in [4.69, 9.17) is 20.9 Å². The second-order valence-corrected chi connectivity index (χ2v) is 6.05. The first-order valence-electron chi connectivity index (χ1n) is 7.93. The number of aromatic nitrogens is 1. The van der Waals surface area contributed by atoms with E-state index in [9.17, 15) is 4.79 Å². The van der Waals surface area contributed by atoms with Crippen molar-refractivity contribution < 1.29 is 14.1 Å². The molecule has 128 valence electrons. The van der Waals surface area contributed by atoms with Crippen LogP contribution in [0.25, 0.3) is 0 Å². The maximum absolute atomic E-state index is 12.7. The van der Waals surface area contributed by atoms with Crippen LogP contribution in [0.5, 0.6) is 5.75 Å². The van der Waals surface area contributed by atoms with Crippen LogP contribution in [0.3, 0.4) is 0 Å². The molecule has 7 heteroatoms. The van der Waals surface area contributed by atoms with Crippen molar-refractivity contribution in [3.05, 3.63) is 46.8 Å². The highest BCUT2D eigenvalue weighted by Crippen LogP contribution is 2.30. The van der Waals surface area contributed by atoms with Crippen LogP contribution in [-0.2, 0) is 11.2 Å². The zero-order chi connectivity index (χ0) is 16.9. The van der Waals surface area contributed by atoms with Crippen LogP contribution >= 0.6 is 11.6 Å². The average molecular weight is 350 g/mol. The number of nitrogens with zero attached hydrogens (tertiary/aromatic N) is 2. The molecule has 0 unspecified atom stereocenters. The maximum Gasteiger partial charge on any atom is 0.223 e. The van der Waals surface area contributed by atoms with E-state index < -0.39 is 0 Å². The van der Waals surface area contributed by atoms with Crippen LogP contribution < -0.4 is 10.1 Å². The Labute approximate surface area is 145 Å². The number of halogens is 1. The van der Waals surface area contributed by atoms with E-state index in [1.807, 2.05) is 29.2 Å². The Hall–Kier alpha value is -2.05. The molecule has 0 aliphatic carbocycles. The third-order valence-corrected chi connectivity index (χ3v) is 4.36. The molecule has 2 heterocycles. The Balaban J connectivity index is 1.72. The van der Waals surface area contributed by atoms with Crippen LogP contribution in [-0.4, -0.2) is 42.7 Å². The number of hydrogen-bond donors (Lipinski definition) is 1. The van der Waals surface area contributed by atoms with Crippen molar-refractivity contribution in [2.45, 2.75) is 18.9 Å². The van der Waals surface area contributed by atoms with Crippen molar-refractivity contribution >= 4 is 17.5 Å². The van der Waals surface area contributed by atoms with Crippen molar-refractivity contribution in [2.75, 3.05) is 26.7 Å². The summed E-state index contributed by atoms with van der Waals surface area (Å²) in [4.78, 5) is 14.6. The first-order chi connectivity index (χ1) is 11.7. The standard InChI is InChI=1S/C17H20ClN3O3/c1-23-15-5-3-2-4-13(15)14-11-19-8-9-21(14)17(22)7-6-12-10-16(18)20-24-12/h2-5,10,14,19H,6-9,11H2,1H3/t14-/m0/s1. The van der Waals surface area contributed by atoms with Gasteiger partial charge in [-0.15, -0.1) is 0 Å². The lowest BCUT2D eigenvalue weighted by molar-refractivity contribution is -0.134. The summed E-state index contributed by atoms with van der Waals surface area (Å²) in [6.07, 6.45) is 0.846. The molecular formula is C17H20ClN3O3. The predicted molar refractivity (Wildman–Crippen MR) is 90.2 cm³/mol. The van der Waals surface area contributed by atoms with Gasteiger partial charge in [0.2, 0.25) is 5.91 Å². The molecule has 3 rings (SSSR count). The van der Waals surface area contributed by atoms with Crippen LogP contribution in [0.2, 0.25) is 5.15 Å². The van der Waals surface area contributed by atoms with Gasteiger partial charge in [0.25, 0.3) is 0 Å². The predicted octanol–water partition coefficient (Wildman–Crippen LogP) is 2.44. The van der Waals surface area contributed by atoms with Gasteiger partial charge >= 0.3 is 0 Å². The second kappa shape index (κ2) is 7.68. The summed E-state index contributed by atoms with van der Waals surface area (Å²) in [5, 5.41) is 7.29. The summed E-state index contributed by atoms with van der Waals surface area (Å²) < 4.78 is 10.5. The minimum atomic E-state index is -0.0410. The first-order valence-corrected chi connectivity index (χ1v) is 8.31. The van der Waals surface area contributed by atoms with Gasteiger partial charge in [-0.3, -0.25) is 4.79 Å². The molecule has 0 spiro atoms. The monoisotopic (exact) mass is 349 g/mol. The SMILES string of the molecule is COc1ccccc1[C@@H]1CNCCN1C(=O)CCc1cc(Cl)no1. The van der Waals surface area contributed by atoms with Gasteiger partial charge in [0, 0.05) is 44.1 Å². The van der Waals surface area contributed by atoms with Gasteiger partial charge in [-0.2, -0.15) is 0 Å². The number of benzene rings is 1. The molecule has 1 N–H and O–H groups in total. The third-order valence-electron chi connectivity index (χ3n) is 4.18. The number of rotatable bonds is 5. The molecule has 1 aromatic carbocycles. The van der Waals surface area contributed by atoms with Crippen molar-refractivity contribution in [1.82, 2.24) is 15.4 Å². The zero-order valence-electron chi connectivity index (χ0n) is 13.5. The topological polar surface area (TPSA) is 67.6 Å². The van der Waals surface area contributed by atoms with Gasteiger partial charge in [0.15, 0.2) is 5.15 Å². The van der Waals surface area contributed by atoms with Gasteiger partial charge in [-0.25, -0.2) is 0 Å². The number of aryl methyl sites for hydroxylation is 1. The number of carbonyl (C=O) groups is 1. The lowest BCUT2D eigenvalue weighted by Gasteiger charge is -2.37. The molecule has 0 bridgehead atoms. The lowest BCUT2D eigenvalue weighted by atomic mass is 10.0. The number of methoxy groups -OCH3 is 1. The quantitative estimate of drug-likeness (QED) is 0.898. The largest absolute Gasteiger partial charge is 0.496 e. The molecule has 0 radical (unpaired) electrons. The van der Waals surface area contributed by atoms with E-state index in [0.29, 0.717) is 36.8 Å². The van der Waals surface area contributed by atoms with Gasteiger partial charge < -0.3 is 19.5 Å². The van der Waals surface area contributed by atoms with E-state index in [1.54, 1.807) is 13.2 Å². The number of amides is 1. The molecule has 1 fully saturated rings. The highest BCUT2D eigenvalue weighted by atomic mass is 35.5. The molecule has 1 atom stereocenters. The fourth-order valence-corrected chi connectivity index (χ4v) is 3.16. The molecule has 0 saturated carbocycles. The van der Waals surface area contributed by atoms with Crippen molar-refractivity contribution in [1.29, 1.82) is 0 Å². The Morgan fingerprint density at radius 1 is 1.50 bits per heavy atom. The van der Waals surface area contributed by atoms with E-state index in [1.165, 1.54) is 0 Å². The molecule has 1 amide bonds. The molecule has 2 aromatic rings. The van der Waals surface area contributed by atoms with Gasteiger partial charge in [0.1, 0.15) is 11.5 Å². The van der Waals surface area contributed by atoms with E-state index in [-0.39, 0.29) is 11.9 Å². The number of para-hydroxylation sites is 1. The summed E-state index contributed by atoms with van der Waals surface area (Å²) in [5.41, 5.74) is 1.02. The number of nitrogens with one attached hydrogen (secondary N) is 1. The van der Waals surface area contributed by atoms with Gasteiger partial charge in [-0.05, 0) is 6.07 Å². The van der Waals surface area contributed by atoms with Gasteiger partial charge in [0.05, 0.1) is 13.2 Å². The van der Waals surface area contributed by atoms with Crippen LogP contribution in [0.4, 0.5) is 0 Å².